The molecule has 118 valence electrons. The summed E-state index contributed by atoms with van der Waals surface area (Å²) in [4.78, 5) is 24.3. The van der Waals surface area contributed by atoms with Gasteiger partial charge in [-0.1, -0.05) is 17.2 Å². The number of carbonyl (C=O) groups excluding carboxylic acids is 2. The van der Waals surface area contributed by atoms with E-state index in [1.807, 2.05) is 0 Å². The Balaban J connectivity index is 2.22. The Hall–Kier alpha value is -3.10. The average molecular weight is 317 g/mol. The van der Waals surface area contributed by atoms with Crippen molar-refractivity contribution in [2.75, 3.05) is 12.4 Å². The number of nitrogens with one attached hydrogen (secondary N) is 1. The lowest BCUT2D eigenvalue weighted by molar-refractivity contribution is -0.134. The number of carbonyl (C=O) groups is 2. The number of anilines is 1. The Kier molecular flexibility index (Phi) is 3.61. The van der Waals surface area contributed by atoms with Crippen LogP contribution in [0.5, 0.6) is 0 Å². The molecule has 0 bridgehead atoms. The molecule has 8 nitrogen and oxygen atoms in total. The zero-order valence-corrected chi connectivity index (χ0v) is 12.3. The average Bonchev–Trinajstić information content (AvgIpc) is 3.01. The largest absolute Gasteiger partial charge is 0.464 e. The van der Waals surface area contributed by atoms with E-state index in [4.69, 9.17) is 4.74 Å². The number of esters is 1. The highest BCUT2D eigenvalue weighted by atomic mass is 19.1. The van der Waals surface area contributed by atoms with Crippen LogP contribution in [0.25, 0.3) is 5.70 Å². The molecule has 0 radical (unpaired) electrons. The molecule has 0 saturated heterocycles. The second-order valence-electron chi connectivity index (χ2n) is 4.85. The van der Waals surface area contributed by atoms with E-state index < -0.39 is 17.8 Å². The van der Waals surface area contributed by atoms with Crippen LogP contribution in [-0.2, 0) is 14.3 Å². The van der Waals surface area contributed by atoms with Gasteiger partial charge in [-0.05, 0) is 35.0 Å². The van der Waals surface area contributed by atoms with Crippen molar-refractivity contribution in [3.63, 3.8) is 0 Å². The summed E-state index contributed by atoms with van der Waals surface area (Å²) in [6, 6.07) is 4.88. The number of Topliss-reactive ketones (excluding diaryl/α,β-unsaturated/α-hetero) is 1. The molecule has 9 heteroatoms. The second-order valence-corrected chi connectivity index (χ2v) is 4.85. The number of rotatable bonds is 3. The summed E-state index contributed by atoms with van der Waals surface area (Å²) in [7, 11) is 1.20. The standard InChI is InChI=1S/C14H12FN5O3/c1-7(21)10-11(8-3-5-9(15)6-4-8)16-14-17-18-19-20(14)12(10)13(22)23-2/h3-6,11H,1-2H3,(H,16,17,19)/t11-/m0/s1. The van der Waals surface area contributed by atoms with Crippen molar-refractivity contribution in [1.29, 1.82) is 0 Å². The van der Waals surface area contributed by atoms with E-state index in [9.17, 15) is 14.0 Å². The molecule has 0 saturated carbocycles. The maximum absolute atomic E-state index is 13.1. The van der Waals surface area contributed by atoms with Crippen molar-refractivity contribution in [3.8, 4) is 0 Å². The van der Waals surface area contributed by atoms with Gasteiger partial charge in [0.2, 0.25) is 5.95 Å². The Morgan fingerprint density at radius 3 is 2.61 bits per heavy atom. The lowest BCUT2D eigenvalue weighted by atomic mass is 9.93. The van der Waals surface area contributed by atoms with Crippen LogP contribution in [-0.4, -0.2) is 39.1 Å². The van der Waals surface area contributed by atoms with Crippen molar-refractivity contribution in [3.05, 3.63) is 41.2 Å². The van der Waals surface area contributed by atoms with E-state index in [-0.39, 0.29) is 23.0 Å². The molecule has 0 fully saturated rings. The molecule has 1 aliphatic heterocycles. The number of hydrogen-bond donors (Lipinski definition) is 1. The molecule has 1 atom stereocenters. The number of tetrazole rings is 1. The number of aromatic nitrogens is 4. The van der Waals surface area contributed by atoms with Crippen LogP contribution in [0.1, 0.15) is 18.5 Å². The number of benzene rings is 1. The molecule has 1 aromatic heterocycles. The van der Waals surface area contributed by atoms with Gasteiger partial charge in [-0.15, -0.1) is 0 Å². The topological polar surface area (TPSA) is 99.0 Å². The lowest BCUT2D eigenvalue weighted by Crippen LogP contribution is -2.30. The molecule has 1 aliphatic rings. The molecule has 0 unspecified atom stereocenters. The summed E-state index contributed by atoms with van der Waals surface area (Å²) in [5.74, 6) is -1.31. The zero-order chi connectivity index (χ0) is 16.6. The van der Waals surface area contributed by atoms with Crippen molar-refractivity contribution in [2.45, 2.75) is 13.0 Å². The molecular weight excluding hydrogens is 305 g/mol. The predicted molar refractivity (Wildman–Crippen MR) is 76.5 cm³/mol. The Labute approximate surface area is 129 Å². The summed E-state index contributed by atoms with van der Waals surface area (Å²) >= 11 is 0. The van der Waals surface area contributed by atoms with Gasteiger partial charge in [0, 0.05) is 0 Å². The first-order chi connectivity index (χ1) is 11.0. The number of methoxy groups -OCH3 is 1. The van der Waals surface area contributed by atoms with Gasteiger partial charge < -0.3 is 10.1 Å². The quantitative estimate of drug-likeness (QED) is 0.841. The first kappa shape index (κ1) is 14.8. The SMILES string of the molecule is COC(=O)C1=C(C(C)=O)[C@H](c2ccc(F)cc2)Nc2nnnn21. The van der Waals surface area contributed by atoms with Crippen molar-refractivity contribution >= 4 is 23.4 Å². The monoisotopic (exact) mass is 317 g/mol. The van der Waals surface area contributed by atoms with Gasteiger partial charge in [-0.2, -0.15) is 4.68 Å². The van der Waals surface area contributed by atoms with Gasteiger partial charge in [0.25, 0.3) is 0 Å². The van der Waals surface area contributed by atoms with Crippen LogP contribution in [0.4, 0.5) is 10.3 Å². The second kappa shape index (κ2) is 5.59. The van der Waals surface area contributed by atoms with E-state index in [0.29, 0.717) is 5.56 Å². The summed E-state index contributed by atoms with van der Waals surface area (Å²) in [6.45, 7) is 1.33. The van der Waals surface area contributed by atoms with Crippen molar-refractivity contribution in [1.82, 2.24) is 20.2 Å². The third-order valence-corrected chi connectivity index (χ3v) is 3.46. The summed E-state index contributed by atoms with van der Waals surface area (Å²) < 4.78 is 19.0. The number of hydrogen-bond acceptors (Lipinski definition) is 7. The number of fused-ring (bicyclic) bond motifs is 1. The molecule has 3 rings (SSSR count). The fourth-order valence-electron chi connectivity index (χ4n) is 2.45. The highest BCUT2D eigenvalue weighted by molar-refractivity contribution is 6.20. The molecule has 0 aliphatic carbocycles. The van der Waals surface area contributed by atoms with Gasteiger partial charge in [-0.25, -0.2) is 9.18 Å². The van der Waals surface area contributed by atoms with Gasteiger partial charge in [-0.3, -0.25) is 4.79 Å². The third-order valence-electron chi connectivity index (χ3n) is 3.46. The number of ether oxygens (including phenoxy) is 1. The number of halogens is 1. The van der Waals surface area contributed by atoms with Crippen LogP contribution in [0.3, 0.4) is 0 Å². The van der Waals surface area contributed by atoms with E-state index in [1.165, 1.54) is 38.3 Å². The fourth-order valence-corrected chi connectivity index (χ4v) is 2.45. The highest BCUT2D eigenvalue weighted by Gasteiger charge is 2.36. The van der Waals surface area contributed by atoms with Crippen LogP contribution in [0.2, 0.25) is 0 Å². The van der Waals surface area contributed by atoms with E-state index in [0.717, 1.165) is 4.68 Å². The van der Waals surface area contributed by atoms with Crippen LogP contribution in [0, 0.1) is 5.82 Å². The molecule has 2 aromatic rings. The van der Waals surface area contributed by atoms with Crippen molar-refractivity contribution < 1.29 is 18.7 Å². The van der Waals surface area contributed by atoms with Gasteiger partial charge >= 0.3 is 5.97 Å². The molecule has 1 aromatic carbocycles. The molecule has 1 N–H and O–H groups in total. The minimum Gasteiger partial charge on any atom is -0.464 e. The Bertz CT molecular complexity index is 812. The molecular formula is C14H12FN5O3. The minimum absolute atomic E-state index is 0.0620. The number of nitrogens with zero attached hydrogens (tertiary/aromatic N) is 4. The molecule has 23 heavy (non-hydrogen) atoms. The lowest BCUT2D eigenvalue weighted by Gasteiger charge is -2.27. The third kappa shape index (κ3) is 2.45. The normalized spacial score (nSPS) is 16.6. The Morgan fingerprint density at radius 1 is 1.30 bits per heavy atom. The van der Waals surface area contributed by atoms with Gasteiger partial charge in [0.15, 0.2) is 11.5 Å². The molecule has 2 heterocycles. The van der Waals surface area contributed by atoms with E-state index in [1.54, 1.807) is 0 Å². The predicted octanol–water partition coefficient (Wildman–Crippen LogP) is 0.952. The summed E-state index contributed by atoms with van der Waals surface area (Å²) in [6.07, 6.45) is 0. The summed E-state index contributed by atoms with van der Waals surface area (Å²) in [5.41, 5.74) is 0.670. The summed E-state index contributed by atoms with van der Waals surface area (Å²) in [5, 5.41) is 13.9. The highest BCUT2D eigenvalue weighted by Crippen LogP contribution is 2.35. The van der Waals surface area contributed by atoms with Gasteiger partial charge in [0.1, 0.15) is 5.82 Å². The van der Waals surface area contributed by atoms with Crippen molar-refractivity contribution in [2.24, 2.45) is 0 Å². The van der Waals surface area contributed by atoms with Crippen LogP contribution < -0.4 is 5.32 Å². The fraction of sp³-hybridized carbons (Fsp3) is 0.214. The van der Waals surface area contributed by atoms with Gasteiger partial charge in [0.05, 0.1) is 18.7 Å². The first-order valence-corrected chi connectivity index (χ1v) is 6.67. The molecule has 0 spiro atoms. The zero-order valence-electron chi connectivity index (χ0n) is 12.3. The van der Waals surface area contributed by atoms with E-state index >= 15 is 0 Å². The maximum Gasteiger partial charge on any atom is 0.357 e. The minimum atomic E-state index is -0.739. The van der Waals surface area contributed by atoms with E-state index in [2.05, 4.69) is 20.8 Å². The molecule has 0 amide bonds. The van der Waals surface area contributed by atoms with Crippen LogP contribution in [0.15, 0.2) is 29.8 Å². The van der Waals surface area contributed by atoms with Crippen LogP contribution >= 0.6 is 0 Å². The maximum atomic E-state index is 13.1. The smallest absolute Gasteiger partial charge is 0.357 e. The number of ketones is 1. The first-order valence-electron chi connectivity index (χ1n) is 6.67. The Morgan fingerprint density at radius 2 is 2.00 bits per heavy atom.